The SMILES string of the molecule is C#CCNCC(=O)NC(C)Cc1c(F)cccc1F. The van der Waals surface area contributed by atoms with Crippen LogP contribution in [0.4, 0.5) is 8.78 Å². The Morgan fingerprint density at radius 2 is 2.05 bits per heavy atom. The molecule has 3 nitrogen and oxygen atoms in total. The van der Waals surface area contributed by atoms with Crippen molar-refractivity contribution in [2.24, 2.45) is 0 Å². The molecule has 0 aliphatic rings. The van der Waals surface area contributed by atoms with Crippen LogP contribution >= 0.6 is 0 Å². The van der Waals surface area contributed by atoms with Crippen LogP contribution < -0.4 is 10.6 Å². The lowest BCUT2D eigenvalue weighted by molar-refractivity contribution is -0.120. The number of nitrogens with one attached hydrogen (secondary N) is 2. The van der Waals surface area contributed by atoms with Crippen molar-refractivity contribution < 1.29 is 13.6 Å². The van der Waals surface area contributed by atoms with Gasteiger partial charge in [0, 0.05) is 11.6 Å². The van der Waals surface area contributed by atoms with E-state index in [2.05, 4.69) is 16.6 Å². The van der Waals surface area contributed by atoms with Crippen LogP contribution in [0.25, 0.3) is 0 Å². The Hall–Kier alpha value is -1.93. The molecule has 1 atom stereocenters. The fourth-order valence-corrected chi connectivity index (χ4v) is 1.66. The van der Waals surface area contributed by atoms with Crippen LogP contribution in [0.1, 0.15) is 12.5 Å². The molecule has 0 aliphatic heterocycles. The van der Waals surface area contributed by atoms with E-state index in [1.54, 1.807) is 6.92 Å². The molecule has 2 N–H and O–H groups in total. The maximum Gasteiger partial charge on any atom is 0.234 e. The fraction of sp³-hybridized carbons (Fsp3) is 0.357. The predicted octanol–water partition coefficient (Wildman–Crippen LogP) is 1.23. The molecule has 1 amide bonds. The minimum absolute atomic E-state index is 0.0214. The largest absolute Gasteiger partial charge is 0.352 e. The first-order chi connectivity index (χ1) is 9.04. The average Bonchev–Trinajstić information content (AvgIpc) is 2.34. The van der Waals surface area contributed by atoms with E-state index in [1.807, 2.05) is 0 Å². The van der Waals surface area contributed by atoms with E-state index in [1.165, 1.54) is 18.2 Å². The van der Waals surface area contributed by atoms with Gasteiger partial charge in [0.25, 0.3) is 0 Å². The van der Waals surface area contributed by atoms with Gasteiger partial charge >= 0.3 is 0 Å². The van der Waals surface area contributed by atoms with Crippen molar-refractivity contribution in [2.45, 2.75) is 19.4 Å². The van der Waals surface area contributed by atoms with Crippen LogP contribution in [0, 0.1) is 24.0 Å². The number of amides is 1. The smallest absolute Gasteiger partial charge is 0.234 e. The Bertz CT molecular complexity index is 463. The summed E-state index contributed by atoms with van der Waals surface area (Å²) in [5, 5.41) is 5.37. The molecule has 5 heteroatoms. The summed E-state index contributed by atoms with van der Waals surface area (Å²) < 4.78 is 26.8. The summed E-state index contributed by atoms with van der Waals surface area (Å²) in [6, 6.07) is 3.33. The predicted molar refractivity (Wildman–Crippen MR) is 69.4 cm³/mol. The second-order valence-corrected chi connectivity index (χ2v) is 4.18. The van der Waals surface area contributed by atoms with Crippen molar-refractivity contribution in [1.29, 1.82) is 0 Å². The summed E-state index contributed by atoms with van der Waals surface area (Å²) in [6.45, 7) is 2.06. The van der Waals surface area contributed by atoms with E-state index in [4.69, 9.17) is 6.42 Å². The van der Waals surface area contributed by atoms with Crippen molar-refractivity contribution >= 4 is 5.91 Å². The van der Waals surface area contributed by atoms with Gasteiger partial charge in [-0.25, -0.2) is 8.78 Å². The summed E-state index contributed by atoms with van der Waals surface area (Å²) in [5.41, 5.74) is -0.0214. The second kappa shape index (κ2) is 7.49. The molecule has 0 aliphatic carbocycles. The molecule has 0 aromatic heterocycles. The normalized spacial score (nSPS) is 11.7. The van der Waals surface area contributed by atoms with E-state index in [0.717, 1.165) is 0 Å². The van der Waals surface area contributed by atoms with Crippen LogP contribution in [0.3, 0.4) is 0 Å². The third-order valence-corrected chi connectivity index (χ3v) is 2.49. The van der Waals surface area contributed by atoms with Crippen molar-refractivity contribution in [1.82, 2.24) is 10.6 Å². The summed E-state index contributed by atoms with van der Waals surface area (Å²) >= 11 is 0. The minimum atomic E-state index is -0.605. The number of carbonyl (C=O) groups is 1. The molecule has 1 aromatic rings. The van der Waals surface area contributed by atoms with Gasteiger partial charge in [0.1, 0.15) is 11.6 Å². The quantitative estimate of drug-likeness (QED) is 0.601. The van der Waals surface area contributed by atoms with Crippen LogP contribution in [-0.4, -0.2) is 25.0 Å². The van der Waals surface area contributed by atoms with Gasteiger partial charge < -0.3 is 5.32 Å². The third kappa shape index (κ3) is 5.06. The number of hydrogen-bond donors (Lipinski definition) is 2. The molecule has 0 fully saturated rings. The number of benzene rings is 1. The van der Waals surface area contributed by atoms with Crippen molar-refractivity contribution in [3.63, 3.8) is 0 Å². The average molecular weight is 266 g/mol. The summed E-state index contributed by atoms with van der Waals surface area (Å²) in [4.78, 5) is 11.5. The summed E-state index contributed by atoms with van der Waals surface area (Å²) in [5.74, 6) is 0.866. The van der Waals surface area contributed by atoms with E-state index >= 15 is 0 Å². The third-order valence-electron chi connectivity index (χ3n) is 2.49. The van der Waals surface area contributed by atoms with Gasteiger partial charge in [0.05, 0.1) is 13.1 Å². The number of halogens is 2. The Balaban J connectivity index is 2.49. The molecule has 0 saturated carbocycles. The second-order valence-electron chi connectivity index (χ2n) is 4.18. The van der Waals surface area contributed by atoms with Gasteiger partial charge in [-0.1, -0.05) is 12.0 Å². The zero-order chi connectivity index (χ0) is 14.3. The Morgan fingerprint density at radius 1 is 1.42 bits per heavy atom. The Kier molecular flexibility index (Phi) is 5.97. The lowest BCUT2D eigenvalue weighted by atomic mass is 10.1. The van der Waals surface area contributed by atoms with Crippen LogP contribution in [0.15, 0.2) is 18.2 Å². The van der Waals surface area contributed by atoms with Gasteiger partial charge in [-0.3, -0.25) is 10.1 Å². The summed E-state index contributed by atoms with van der Waals surface area (Å²) in [6.07, 6.45) is 5.12. The van der Waals surface area contributed by atoms with Crippen LogP contribution in [-0.2, 0) is 11.2 Å². The molecule has 0 radical (unpaired) electrons. The standard InChI is InChI=1S/C14H16F2N2O/c1-3-7-17-9-14(19)18-10(2)8-11-12(15)5-4-6-13(11)16/h1,4-6,10,17H,7-9H2,2H3,(H,18,19). The lowest BCUT2D eigenvalue weighted by Crippen LogP contribution is -2.40. The zero-order valence-corrected chi connectivity index (χ0v) is 10.7. The first-order valence-corrected chi connectivity index (χ1v) is 5.91. The zero-order valence-electron chi connectivity index (χ0n) is 10.7. The van der Waals surface area contributed by atoms with Crippen LogP contribution in [0.5, 0.6) is 0 Å². The molecule has 0 bridgehead atoms. The monoisotopic (exact) mass is 266 g/mol. The highest BCUT2D eigenvalue weighted by atomic mass is 19.1. The number of terminal acetylenes is 1. The topological polar surface area (TPSA) is 41.1 Å². The molecule has 1 unspecified atom stereocenters. The van der Waals surface area contributed by atoms with E-state index in [0.29, 0.717) is 6.54 Å². The summed E-state index contributed by atoms with van der Waals surface area (Å²) in [7, 11) is 0. The number of carbonyl (C=O) groups excluding carboxylic acids is 1. The van der Waals surface area contributed by atoms with Crippen molar-refractivity contribution in [3.8, 4) is 12.3 Å². The molecule has 0 saturated heterocycles. The van der Waals surface area contributed by atoms with Gasteiger partial charge in [-0.15, -0.1) is 6.42 Å². The fourth-order valence-electron chi connectivity index (χ4n) is 1.66. The number of rotatable bonds is 6. The van der Waals surface area contributed by atoms with Gasteiger partial charge in [0.15, 0.2) is 0 Å². The first-order valence-electron chi connectivity index (χ1n) is 5.91. The van der Waals surface area contributed by atoms with E-state index in [-0.39, 0.29) is 30.5 Å². The molecule has 0 spiro atoms. The number of hydrogen-bond acceptors (Lipinski definition) is 2. The Morgan fingerprint density at radius 3 is 2.63 bits per heavy atom. The van der Waals surface area contributed by atoms with Gasteiger partial charge in [0.2, 0.25) is 5.91 Å². The molecule has 1 rings (SSSR count). The molecule has 19 heavy (non-hydrogen) atoms. The van der Waals surface area contributed by atoms with Crippen LogP contribution in [0.2, 0.25) is 0 Å². The lowest BCUT2D eigenvalue weighted by Gasteiger charge is -2.15. The molecular weight excluding hydrogens is 250 g/mol. The molecular formula is C14H16F2N2O. The first kappa shape index (κ1) is 15.1. The molecule has 0 heterocycles. The highest BCUT2D eigenvalue weighted by Crippen LogP contribution is 2.13. The van der Waals surface area contributed by atoms with Gasteiger partial charge in [-0.2, -0.15) is 0 Å². The molecule has 1 aromatic carbocycles. The van der Waals surface area contributed by atoms with Crippen molar-refractivity contribution in [2.75, 3.05) is 13.1 Å². The van der Waals surface area contributed by atoms with Crippen molar-refractivity contribution in [3.05, 3.63) is 35.4 Å². The van der Waals surface area contributed by atoms with E-state index < -0.39 is 11.6 Å². The minimum Gasteiger partial charge on any atom is -0.352 e. The Labute approximate surface area is 111 Å². The highest BCUT2D eigenvalue weighted by molar-refractivity contribution is 5.78. The molecule has 102 valence electrons. The maximum atomic E-state index is 13.4. The van der Waals surface area contributed by atoms with E-state index in [9.17, 15) is 13.6 Å². The highest BCUT2D eigenvalue weighted by Gasteiger charge is 2.13. The van der Waals surface area contributed by atoms with Gasteiger partial charge in [-0.05, 0) is 25.5 Å². The maximum absolute atomic E-state index is 13.4.